The first-order chi connectivity index (χ1) is 8.51. The van der Waals surface area contributed by atoms with Gasteiger partial charge in [0.25, 0.3) is 0 Å². The zero-order chi connectivity index (χ0) is 13.5. The summed E-state index contributed by atoms with van der Waals surface area (Å²) in [6, 6.07) is 5.19. The van der Waals surface area contributed by atoms with Gasteiger partial charge in [-0.15, -0.1) is 0 Å². The zero-order valence-corrected chi connectivity index (χ0v) is 11.5. The largest absolute Gasteiger partial charge is 0.480 e. The lowest BCUT2D eigenvalue weighted by atomic mass is 10.2. The van der Waals surface area contributed by atoms with Gasteiger partial charge >= 0.3 is 5.97 Å². The van der Waals surface area contributed by atoms with E-state index >= 15 is 0 Å². The van der Waals surface area contributed by atoms with E-state index in [1.54, 1.807) is 30.2 Å². The van der Waals surface area contributed by atoms with Gasteiger partial charge in [0.15, 0.2) is 0 Å². The zero-order valence-electron chi connectivity index (χ0n) is 10.0. The molecule has 0 saturated heterocycles. The van der Waals surface area contributed by atoms with E-state index in [-0.39, 0.29) is 6.54 Å². The van der Waals surface area contributed by atoms with Crippen molar-refractivity contribution in [3.05, 3.63) is 33.8 Å². The molecule has 1 aromatic carbocycles. The summed E-state index contributed by atoms with van der Waals surface area (Å²) in [5.74, 6) is -0.876. The lowest BCUT2D eigenvalue weighted by molar-refractivity contribution is -0.138. The standard InChI is InChI=1S/C12H15Cl2NO3/c1-18-3-2-15(8-12(16)17)7-9-4-10(13)6-11(14)5-9/h4-6H,2-3,7-8H2,1H3,(H,16,17). The second kappa shape index (κ2) is 7.59. The van der Waals surface area contributed by atoms with Crippen molar-refractivity contribution in [1.29, 1.82) is 0 Å². The van der Waals surface area contributed by atoms with E-state index in [1.165, 1.54) is 0 Å². The van der Waals surface area contributed by atoms with Crippen LogP contribution in [0.4, 0.5) is 0 Å². The van der Waals surface area contributed by atoms with Crippen molar-refractivity contribution in [3.8, 4) is 0 Å². The molecule has 0 fully saturated rings. The van der Waals surface area contributed by atoms with Crippen LogP contribution in [0.2, 0.25) is 10.0 Å². The van der Waals surface area contributed by atoms with Gasteiger partial charge in [0, 0.05) is 30.2 Å². The Morgan fingerprint density at radius 2 is 1.94 bits per heavy atom. The molecule has 0 aromatic heterocycles. The minimum absolute atomic E-state index is 0.0481. The molecular weight excluding hydrogens is 277 g/mol. The summed E-state index contributed by atoms with van der Waals surface area (Å²) >= 11 is 11.8. The van der Waals surface area contributed by atoms with Gasteiger partial charge in [0.1, 0.15) is 0 Å². The normalized spacial score (nSPS) is 10.9. The Balaban J connectivity index is 2.71. The third-order valence-electron chi connectivity index (χ3n) is 2.30. The molecule has 100 valence electrons. The number of rotatable bonds is 7. The van der Waals surface area contributed by atoms with Gasteiger partial charge in [-0.25, -0.2) is 0 Å². The lowest BCUT2D eigenvalue weighted by Crippen LogP contribution is -2.32. The Morgan fingerprint density at radius 3 is 2.44 bits per heavy atom. The first-order valence-electron chi connectivity index (χ1n) is 5.39. The van der Waals surface area contributed by atoms with Gasteiger partial charge < -0.3 is 9.84 Å². The third kappa shape index (κ3) is 5.69. The molecule has 18 heavy (non-hydrogen) atoms. The van der Waals surface area contributed by atoms with E-state index in [1.807, 2.05) is 0 Å². The number of carbonyl (C=O) groups is 1. The maximum Gasteiger partial charge on any atom is 0.317 e. The number of ether oxygens (including phenoxy) is 1. The fourth-order valence-corrected chi connectivity index (χ4v) is 2.16. The highest BCUT2D eigenvalue weighted by atomic mass is 35.5. The van der Waals surface area contributed by atoms with Crippen molar-refractivity contribution in [3.63, 3.8) is 0 Å². The van der Waals surface area contributed by atoms with Crippen molar-refractivity contribution in [2.45, 2.75) is 6.54 Å². The van der Waals surface area contributed by atoms with E-state index in [4.69, 9.17) is 33.0 Å². The number of aliphatic carboxylic acids is 1. The molecule has 6 heteroatoms. The number of carboxylic acids is 1. The van der Waals surface area contributed by atoms with Crippen molar-refractivity contribution in [1.82, 2.24) is 4.90 Å². The molecule has 0 heterocycles. The molecular formula is C12H15Cl2NO3. The van der Waals surface area contributed by atoms with Crippen LogP contribution in [-0.4, -0.2) is 42.8 Å². The number of benzene rings is 1. The van der Waals surface area contributed by atoms with E-state index in [2.05, 4.69) is 0 Å². The lowest BCUT2D eigenvalue weighted by Gasteiger charge is -2.20. The van der Waals surface area contributed by atoms with Gasteiger partial charge in [0.2, 0.25) is 0 Å². The molecule has 0 aliphatic heterocycles. The van der Waals surface area contributed by atoms with Gasteiger partial charge in [-0.2, -0.15) is 0 Å². The summed E-state index contributed by atoms with van der Waals surface area (Å²) in [6.07, 6.45) is 0. The van der Waals surface area contributed by atoms with Crippen LogP contribution in [0, 0.1) is 0 Å². The fourth-order valence-electron chi connectivity index (χ4n) is 1.59. The molecule has 0 aliphatic rings. The molecule has 0 saturated carbocycles. The maximum absolute atomic E-state index is 10.8. The minimum atomic E-state index is -0.876. The van der Waals surface area contributed by atoms with Gasteiger partial charge in [-0.1, -0.05) is 23.2 Å². The molecule has 0 bridgehead atoms. The maximum atomic E-state index is 10.8. The van der Waals surface area contributed by atoms with Crippen LogP contribution >= 0.6 is 23.2 Å². The predicted molar refractivity (Wildman–Crippen MR) is 71.3 cm³/mol. The number of hydrogen-bond donors (Lipinski definition) is 1. The van der Waals surface area contributed by atoms with Crippen molar-refractivity contribution >= 4 is 29.2 Å². The summed E-state index contributed by atoms with van der Waals surface area (Å²) in [4.78, 5) is 12.5. The summed E-state index contributed by atoms with van der Waals surface area (Å²) < 4.78 is 4.95. The smallest absolute Gasteiger partial charge is 0.317 e. The Bertz CT molecular complexity index is 392. The van der Waals surface area contributed by atoms with Crippen LogP contribution < -0.4 is 0 Å². The van der Waals surface area contributed by atoms with Gasteiger partial charge in [0.05, 0.1) is 13.2 Å². The predicted octanol–water partition coefficient (Wildman–Crippen LogP) is 2.53. The number of methoxy groups -OCH3 is 1. The minimum Gasteiger partial charge on any atom is -0.480 e. The highest BCUT2D eigenvalue weighted by Gasteiger charge is 2.11. The molecule has 0 spiro atoms. The molecule has 1 N–H and O–H groups in total. The fraction of sp³-hybridized carbons (Fsp3) is 0.417. The van der Waals surface area contributed by atoms with Crippen LogP contribution in [-0.2, 0) is 16.1 Å². The molecule has 1 rings (SSSR count). The van der Waals surface area contributed by atoms with Crippen LogP contribution in [0.1, 0.15) is 5.56 Å². The third-order valence-corrected chi connectivity index (χ3v) is 2.74. The summed E-state index contributed by atoms with van der Waals surface area (Å²) in [5.41, 5.74) is 0.879. The molecule has 0 amide bonds. The highest BCUT2D eigenvalue weighted by molar-refractivity contribution is 6.34. The van der Waals surface area contributed by atoms with Crippen molar-refractivity contribution < 1.29 is 14.6 Å². The Kier molecular flexibility index (Phi) is 6.43. The molecule has 0 radical (unpaired) electrons. The molecule has 0 unspecified atom stereocenters. The van der Waals surface area contributed by atoms with Crippen LogP contribution in [0.25, 0.3) is 0 Å². The topological polar surface area (TPSA) is 49.8 Å². The summed E-state index contributed by atoms with van der Waals surface area (Å²) in [7, 11) is 1.58. The monoisotopic (exact) mass is 291 g/mol. The Hall–Kier alpha value is -0.810. The average molecular weight is 292 g/mol. The van der Waals surface area contributed by atoms with Gasteiger partial charge in [-0.05, 0) is 23.8 Å². The quantitative estimate of drug-likeness (QED) is 0.839. The van der Waals surface area contributed by atoms with E-state index in [0.29, 0.717) is 29.7 Å². The number of halogens is 2. The average Bonchev–Trinajstić information content (AvgIpc) is 2.23. The first kappa shape index (κ1) is 15.2. The van der Waals surface area contributed by atoms with Crippen LogP contribution in [0.15, 0.2) is 18.2 Å². The molecule has 4 nitrogen and oxygen atoms in total. The Labute approximate surface area is 116 Å². The van der Waals surface area contributed by atoms with Crippen molar-refractivity contribution in [2.75, 3.05) is 26.8 Å². The number of carboxylic acid groups (broad SMARTS) is 1. The van der Waals surface area contributed by atoms with Gasteiger partial charge in [-0.3, -0.25) is 9.69 Å². The highest BCUT2D eigenvalue weighted by Crippen LogP contribution is 2.20. The second-order valence-corrected chi connectivity index (χ2v) is 4.75. The van der Waals surface area contributed by atoms with Crippen LogP contribution in [0.3, 0.4) is 0 Å². The molecule has 1 aromatic rings. The first-order valence-corrected chi connectivity index (χ1v) is 6.15. The van der Waals surface area contributed by atoms with Crippen LogP contribution in [0.5, 0.6) is 0 Å². The molecule has 0 aliphatic carbocycles. The SMILES string of the molecule is COCCN(CC(=O)O)Cc1cc(Cl)cc(Cl)c1. The van der Waals surface area contributed by atoms with Crippen molar-refractivity contribution in [2.24, 2.45) is 0 Å². The van der Waals surface area contributed by atoms with E-state index in [9.17, 15) is 4.79 Å². The Morgan fingerprint density at radius 1 is 1.33 bits per heavy atom. The summed E-state index contributed by atoms with van der Waals surface area (Å²) in [6.45, 7) is 1.43. The number of hydrogen-bond acceptors (Lipinski definition) is 3. The van der Waals surface area contributed by atoms with E-state index in [0.717, 1.165) is 5.56 Å². The summed E-state index contributed by atoms with van der Waals surface area (Å²) in [5, 5.41) is 9.92. The van der Waals surface area contributed by atoms with E-state index < -0.39 is 5.97 Å². The second-order valence-electron chi connectivity index (χ2n) is 3.87. The number of nitrogens with zero attached hydrogens (tertiary/aromatic N) is 1. The molecule has 0 atom stereocenters.